The molecule has 0 aliphatic carbocycles. The zero-order valence-electron chi connectivity index (χ0n) is 16.4. The van der Waals surface area contributed by atoms with Crippen LogP contribution >= 0.6 is 0 Å². The van der Waals surface area contributed by atoms with Gasteiger partial charge < -0.3 is 29.2 Å². The average molecular weight is 450 g/mol. The van der Waals surface area contributed by atoms with Crippen LogP contribution in [0.1, 0.15) is 12.8 Å². The fourth-order valence-corrected chi connectivity index (χ4v) is 1.96. The number of hydrogen-bond acceptors (Lipinski definition) is 10. The first kappa shape index (κ1) is 25.6. The fourth-order valence-electron chi connectivity index (χ4n) is 1.96. The second-order valence-electron chi connectivity index (χ2n) is 5.76. The van der Waals surface area contributed by atoms with Crippen molar-refractivity contribution in [2.75, 3.05) is 0 Å². The molecule has 12 heteroatoms. The van der Waals surface area contributed by atoms with Gasteiger partial charge in [0.25, 0.3) is 0 Å². The van der Waals surface area contributed by atoms with Gasteiger partial charge in [0.15, 0.2) is 0 Å². The van der Waals surface area contributed by atoms with Crippen LogP contribution in [0.2, 0.25) is 0 Å². The summed E-state index contributed by atoms with van der Waals surface area (Å²) in [6.45, 7) is 6.23. The molecule has 0 amide bonds. The molecule has 0 aliphatic heterocycles. The SMILES string of the molecule is C=CC(=O)OC(CC(=O)Oc1ccc(OC(=O)CC(OC(=O)C=C)C(=O)O)cc1)C(=O)O. The summed E-state index contributed by atoms with van der Waals surface area (Å²) in [5.74, 6) is -7.30. The van der Waals surface area contributed by atoms with Crippen LogP contribution in [-0.4, -0.2) is 58.2 Å². The van der Waals surface area contributed by atoms with Crippen LogP contribution in [0, 0.1) is 0 Å². The summed E-state index contributed by atoms with van der Waals surface area (Å²) in [7, 11) is 0. The number of hydrogen-bond donors (Lipinski definition) is 2. The van der Waals surface area contributed by atoms with E-state index in [0.717, 1.165) is 12.2 Å². The largest absolute Gasteiger partial charge is 0.478 e. The lowest BCUT2D eigenvalue weighted by molar-refractivity contribution is -0.164. The van der Waals surface area contributed by atoms with Gasteiger partial charge in [-0.2, -0.15) is 0 Å². The second-order valence-corrected chi connectivity index (χ2v) is 5.76. The van der Waals surface area contributed by atoms with E-state index in [1.165, 1.54) is 24.3 Å². The molecule has 2 N–H and O–H groups in total. The van der Waals surface area contributed by atoms with E-state index in [4.69, 9.17) is 19.7 Å². The number of esters is 4. The summed E-state index contributed by atoms with van der Waals surface area (Å²) >= 11 is 0. The zero-order chi connectivity index (χ0) is 24.3. The van der Waals surface area contributed by atoms with Crippen molar-refractivity contribution in [3.05, 3.63) is 49.6 Å². The molecule has 2 unspecified atom stereocenters. The Morgan fingerprint density at radius 1 is 0.719 bits per heavy atom. The Kier molecular flexibility index (Phi) is 9.80. The maximum absolute atomic E-state index is 11.9. The first-order valence-electron chi connectivity index (χ1n) is 8.68. The molecule has 2 atom stereocenters. The average Bonchev–Trinajstić information content (AvgIpc) is 2.73. The van der Waals surface area contributed by atoms with Crippen molar-refractivity contribution < 1.29 is 57.9 Å². The minimum absolute atomic E-state index is 0.0442. The van der Waals surface area contributed by atoms with Gasteiger partial charge >= 0.3 is 35.8 Å². The monoisotopic (exact) mass is 450 g/mol. The fraction of sp³-hybridized carbons (Fsp3) is 0.200. The maximum Gasteiger partial charge on any atom is 0.345 e. The number of carboxylic acids is 2. The summed E-state index contributed by atoms with van der Waals surface area (Å²) in [5, 5.41) is 17.9. The molecule has 170 valence electrons. The Hall–Kier alpha value is -4.48. The molecule has 0 bridgehead atoms. The van der Waals surface area contributed by atoms with Crippen molar-refractivity contribution in [2.45, 2.75) is 25.0 Å². The Morgan fingerprint density at radius 2 is 1.03 bits per heavy atom. The van der Waals surface area contributed by atoms with Gasteiger partial charge in [0.05, 0.1) is 12.8 Å². The van der Waals surface area contributed by atoms with E-state index in [2.05, 4.69) is 22.6 Å². The normalized spacial score (nSPS) is 11.8. The molecule has 0 spiro atoms. The molecular formula is C20H18O12. The van der Waals surface area contributed by atoms with Crippen molar-refractivity contribution in [3.63, 3.8) is 0 Å². The predicted molar refractivity (Wildman–Crippen MR) is 102 cm³/mol. The Labute approximate surface area is 180 Å². The van der Waals surface area contributed by atoms with Gasteiger partial charge in [-0.05, 0) is 24.3 Å². The van der Waals surface area contributed by atoms with Crippen LogP contribution < -0.4 is 9.47 Å². The van der Waals surface area contributed by atoms with Crippen LogP contribution in [-0.2, 0) is 38.2 Å². The lowest BCUT2D eigenvalue weighted by Gasteiger charge is -2.13. The first-order valence-corrected chi connectivity index (χ1v) is 8.68. The molecule has 0 aromatic heterocycles. The zero-order valence-corrected chi connectivity index (χ0v) is 16.4. The van der Waals surface area contributed by atoms with Crippen molar-refractivity contribution in [1.29, 1.82) is 0 Å². The summed E-state index contributed by atoms with van der Waals surface area (Å²) in [6.07, 6.45) is -3.61. The van der Waals surface area contributed by atoms with Crippen molar-refractivity contribution in [3.8, 4) is 11.5 Å². The Balaban J connectivity index is 2.66. The predicted octanol–water partition coefficient (Wildman–Crippen LogP) is 0.642. The van der Waals surface area contributed by atoms with Crippen molar-refractivity contribution >= 4 is 35.8 Å². The van der Waals surface area contributed by atoms with Gasteiger partial charge in [0.2, 0.25) is 12.2 Å². The summed E-state index contributed by atoms with van der Waals surface area (Å²) in [4.78, 5) is 68.0. The molecule has 0 radical (unpaired) electrons. The summed E-state index contributed by atoms with van der Waals surface area (Å²) in [5.41, 5.74) is 0. The Morgan fingerprint density at radius 3 is 1.28 bits per heavy atom. The molecule has 12 nitrogen and oxygen atoms in total. The van der Waals surface area contributed by atoms with E-state index in [1.807, 2.05) is 0 Å². The molecule has 1 aromatic carbocycles. The number of carbonyl (C=O) groups is 6. The molecule has 1 aromatic rings. The van der Waals surface area contributed by atoms with E-state index in [0.29, 0.717) is 0 Å². The summed E-state index contributed by atoms with van der Waals surface area (Å²) in [6, 6.07) is 4.83. The molecule has 0 aliphatic rings. The molecular weight excluding hydrogens is 432 g/mol. The van der Waals surface area contributed by atoms with Crippen LogP contribution in [0.5, 0.6) is 11.5 Å². The molecule has 32 heavy (non-hydrogen) atoms. The van der Waals surface area contributed by atoms with E-state index < -0.39 is 60.9 Å². The molecule has 0 heterocycles. The first-order chi connectivity index (χ1) is 15.0. The molecule has 0 fully saturated rings. The smallest absolute Gasteiger partial charge is 0.345 e. The minimum atomic E-state index is -1.77. The van der Waals surface area contributed by atoms with Crippen molar-refractivity contribution in [1.82, 2.24) is 0 Å². The lowest BCUT2D eigenvalue weighted by Crippen LogP contribution is -2.30. The number of carbonyl (C=O) groups excluding carboxylic acids is 4. The van der Waals surface area contributed by atoms with Crippen LogP contribution in [0.4, 0.5) is 0 Å². The van der Waals surface area contributed by atoms with Gasteiger partial charge in [0, 0.05) is 12.2 Å². The van der Waals surface area contributed by atoms with Crippen molar-refractivity contribution in [2.24, 2.45) is 0 Å². The maximum atomic E-state index is 11.9. The van der Waals surface area contributed by atoms with Crippen LogP contribution in [0.3, 0.4) is 0 Å². The van der Waals surface area contributed by atoms with E-state index >= 15 is 0 Å². The van der Waals surface area contributed by atoms with Gasteiger partial charge in [-0.3, -0.25) is 9.59 Å². The molecule has 0 saturated carbocycles. The van der Waals surface area contributed by atoms with E-state index in [9.17, 15) is 28.8 Å². The van der Waals surface area contributed by atoms with Crippen LogP contribution in [0.25, 0.3) is 0 Å². The Bertz CT molecular complexity index is 840. The highest BCUT2D eigenvalue weighted by atomic mass is 16.6. The number of carboxylic acid groups (broad SMARTS) is 2. The highest BCUT2D eigenvalue weighted by molar-refractivity contribution is 5.88. The van der Waals surface area contributed by atoms with E-state index in [-0.39, 0.29) is 11.5 Å². The van der Waals surface area contributed by atoms with Gasteiger partial charge in [-0.25, -0.2) is 19.2 Å². The quantitative estimate of drug-likeness (QED) is 0.258. The van der Waals surface area contributed by atoms with Gasteiger partial charge in [0.1, 0.15) is 11.5 Å². The summed E-state index contributed by atoms with van der Waals surface area (Å²) < 4.78 is 18.9. The number of rotatable bonds is 12. The third-order valence-corrected chi connectivity index (χ3v) is 3.39. The highest BCUT2D eigenvalue weighted by Gasteiger charge is 2.27. The van der Waals surface area contributed by atoms with Crippen LogP contribution in [0.15, 0.2) is 49.6 Å². The lowest BCUT2D eigenvalue weighted by atomic mass is 10.2. The standard InChI is InChI=1S/C20H18O12/c1-3-15(21)31-13(19(25)26)9-17(23)29-11-5-7-12(8-6-11)30-18(24)10-14(20(27)28)32-16(22)4-2/h3-8,13-14H,1-2,9-10H2,(H,25,26)(H,27,28). The number of aliphatic carboxylic acids is 2. The second kappa shape index (κ2) is 12.3. The third-order valence-electron chi connectivity index (χ3n) is 3.39. The van der Waals surface area contributed by atoms with Gasteiger partial charge in [-0.15, -0.1) is 0 Å². The molecule has 0 saturated heterocycles. The molecule has 1 rings (SSSR count). The third kappa shape index (κ3) is 8.90. The van der Waals surface area contributed by atoms with E-state index in [1.54, 1.807) is 0 Å². The highest BCUT2D eigenvalue weighted by Crippen LogP contribution is 2.19. The number of ether oxygens (including phenoxy) is 4. The van der Waals surface area contributed by atoms with Gasteiger partial charge in [-0.1, -0.05) is 13.2 Å². The minimum Gasteiger partial charge on any atom is -0.478 e. The topological polar surface area (TPSA) is 180 Å². The number of benzene rings is 1.